The summed E-state index contributed by atoms with van der Waals surface area (Å²) >= 11 is 0. The van der Waals surface area contributed by atoms with Gasteiger partial charge in [0.25, 0.3) is 0 Å². The van der Waals surface area contributed by atoms with Crippen LogP contribution in [-0.4, -0.2) is 47.6 Å². The van der Waals surface area contributed by atoms with Gasteiger partial charge in [-0.1, -0.05) is 61.0 Å². The maximum atomic E-state index is 14.2. The van der Waals surface area contributed by atoms with E-state index in [9.17, 15) is 9.59 Å². The third kappa shape index (κ3) is 6.19. The summed E-state index contributed by atoms with van der Waals surface area (Å²) in [5.74, 6) is 0.613. The number of ether oxygens (including phenoxy) is 2. The Balaban J connectivity index is 1.84. The molecular formula is C30H35N5O4. The van der Waals surface area contributed by atoms with Crippen LogP contribution in [0.1, 0.15) is 37.4 Å². The number of carbonyl (C=O) groups is 2. The summed E-state index contributed by atoms with van der Waals surface area (Å²) in [4.78, 5) is 29.6. The molecule has 1 heterocycles. The number of hydrogen-bond acceptors (Lipinski definition) is 6. The van der Waals surface area contributed by atoms with E-state index in [0.29, 0.717) is 40.7 Å². The van der Waals surface area contributed by atoms with Crippen LogP contribution < -0.4 is 19.7 Å². The van der Waals surface area contributed by atoms with Crippen molar-refractivity contribution in [3.05, 3.63) is 77.9 Å². The van der Waals surface area contributed by atoms with Crippen molar-refractivity contribution in [2.75, 3.05) is 25.7 Å². The van der Waals surface area contributed by atoms with Gasteiger partial charge in [-0.05, 0) is 49.6 Å². The lowest BCUT2D eigenvalue weighted by molar-refractivity contribution is -0.127. The Hall–Kier alpha value is -4.40. The number of fused-ring (bicyclic) bond motifs is 1. The molecule has 0 saturated heterocycles. The molecule has 0 saturated carbocycles. The lowest BCUT2D eigenvalue weighted by atomic mass is 10.0. The maximum absolute atomic E-state index is 14.2. The number of anilines is 1. The van der Waals surface area contributed by atoms with E-state index in [1.807, 2.05) is 55.5 Å². The molecule has 0 aliphatic rings. The Bertz CT molecular complexity index is 1430. The van der Waals surface area contributed by atoms with Gasteiger partial charge in [-0.15, -0.1) is 5.10 Å². The Morgan fingerprint density at radius 2 is 1.72 bits per heavy atom. The molecule has 3 aromatic carbocycles. The van der Waals surface area contributed by atoms with Crippen molar-refractivity contribution in [1.82, 2.24) is 20.3 Å². The number of amides is 2. The minimum absolute atomic E-state index is 0.115. The molecule has 9 heteroatoms. The van der Waals surface area contributed by atoms with Gasteiger partial charge in [0.15, 0.2) is 11.5 Å². The molecule has 4 aromatic rings. The number of hydrogen-bond donors (Lipinski definition) is 1. The van der Waals surface area contributed by atoms with Crippen molar-refractivity contribution in [2.24, 2.45) is 5.92 Å². The lowest BCUT2D eigenvalue weighted by Crippen LogP contribution is -2.45. The van der Waals surface area contributed by atoms with Crippen LogP contribution in [0, 0.1) is 12.8 Å². The van der Waals surface area contributed by atoms with Gasteiger partial charge in [-0.3, -0.25) is 14.5 Å². The van der Waals surface area contributed by atoms with Crippen LogP contribution >= 0.6 is 0 Å². The number of methoxy groups -OCH3 is 2. The highest BCUT2D eigenvalue weighted by atomic mass is 16.5. The van der Waals surface area contributed by atoms with Gasteiger partial charge < -0.3 is 14.8 Å². The second-order valence-electron chi connectivity index (χ2n) is 9.79. The zero-order valence-electron chi connectivity index (χ0n) is 23.0. The van der Waals surface area contributed by atoms with E-state index in [0.717, 1.165) is 17.5 Å². The smallest absolute Gasteiger partial charge is 0.249 e. The number of aromatic nitrogens is 3. The number of carbonyl (C=O) groups excluding carboxylic acids is 2. The summed E-state index contributed by atoms with van der Waals surface area (Å²) in [5, 5.41) is 11.4. The minimum Gasteiger partial charge on any atom is -0.493 e. The molecule has 1 aromatic heterocycles. The molecule has 0 unspecified atom stereocenters. The maximum Gasteiger partial charge on any atom is 0.249 e. The summed E-state index contributed by atoms with van der Waals surface area (Å²) < 4.78 is 12.8. The van der Waals surface area contributed by atoms with Crippen LogP contribution in [0.25, 0.3) is 11.0 Å². The first-order valence-corrected chi connectivity index (χ1v) is 13.0. The molecule has 0 aliphatic carbocycles. The highest BCUT2D eigenvalue weighted by Gasteiger charge is 2.36. The van der Waals surface area contributed by atoms with Crippen molar-refractivity contribution < 1.29 is 19.1 Å². The monoisotopic (exact) mass is 529 g/mol. The normalized spacial score (nSPS) is 11.8. The first-order valence-electron chi connectivity index (χ1n) is 13.0. The van der Waals surface area contributed by atoms with E-state index >= 15 is 0 Å². The quantitative estimate of drug-likeness (QED) is 0.303. The Kier molecular flexibility index (Phi) is 8.81. The minimum atomic E-state index is -1.03. The van der Waals surface area contributed by atoms with Gasteiger partial charge >= 0.3 is 0 Å². The van der Waals surface area contributed by atoms with Crippen molar-refractivity contribution in [3.63, 3.8) is 0 Å². The Morgan fingerprint density at radius 1 is 0.974 bits per heavy atom. The second-order valence-corrected chi connectivity index (χ2v) is 9.79. The van der Waals surface area contributed by atoms with Crippen molar-refractivity contribution >= 4 is 28.5 Å². The van der Waals surface area contributed by atoms with E-state index < -0.39 is 6.04 Å². The van der Waals surface area contributed by atoms with Crippen LogP contribution in [0.5, 0.6) is 11.5 Å². The average molecular weight is 530 g/mol. The van der Waals surface area contributed by atoms with Gasteiger partial charge in [-0.25, -0.2) is 4.68 Å². The molecule has 1 N–H and O–H groups in total. The van der Waals surface area contributed by atoms with Gasteiger partial charge in [0.2, 0.25) is 11.8 Å². The van der Waals surface area contributed by atoms with E-state index in [-0.39, 0.29) is 18.4 Å². The number of rotatable bonds is 11. The Labute approximate surface area is 228 Å². The van der Waals surface area contributed by atoms with Gasteiger partial charge in [0.1, 0.15) is 18.1 Å². The fraction of sp³-hybridized carbons (Fsp3) is 0.333. The van der Waals surface area contributed by atoms with Crippen molar-refractivity contribution in [1.29, 1.82) is 0 Å². The summed E-state index contributed by atoms with van der Waals surface area (Å²) in [6.45, 7) is 6.52. The molecule has 4 rings (SSSR count). The predicted octanol–water partition coefficient (Wildman–Crippen LogP) is 4.69. The molecule has 204 valence electrons. The van der Waals surface area contributed by atoms with Gasteiger partial charge in [0, 0.05) is 17.8 Å². The third-order valence-corrected chi connectivity index (χ3v) is 6.54. The van der Waals surface area contributed by atoms with Crippen LogP contribution in [0.2, 0.25) is 0 Å². The molecule has 2 amide bonds. The highest BCUT2D eigenvalue weighted by Crippen LogP contribution is 2.39. The fourth-order valence-electron chi connectivity index (χ4n) is 4.49. The Morgan fingerprint density at radius 3 is 2.41 bits per heavy atom. The predicted molar refractivity (Wildman–Crippen MR) is 151 cm³/mol. The highest BCUT2D eigenvalue weighted by molar-refractivity contribution is 6.02. The number of aryl methyl sites for hydroxylation is 1. The zero-order chi connectivity index (χ0) is 27.9. The molecule has 0 aliphatic heterocycles. The van der Waals surface area contributed by atoms with Crippen molar-refractivity contribution in [3.8, 4) is 11.5 Å². The lowest BCUT2D eigenvalue weighted by Gasteiger charge is -2.32. The van der Waals surface area contributed by atoms with Crippen LogP contribution in [0.4, 0.5) is 5.69 Å². The molecule has 1 atom stereocenters. The number of para-hydroxylation sites is 2. The molecule has 0 radical (unpaired) electrons. The van der Waals surface area contributed by atoms with E-state index in [4.69, 9.17) is 9.47 Å². The third-order valence-electron chi connectivity index (χ3n) is 6.54. The van der Waals surface area contributed by atoms with E-state index in [1.54, 1.807) is 22.9 Å². The second kappa shape index (κ2) is 12.4. The van der Waals surface area contributed by atoms with Crippen LogP contribution in [-0.2, 0) is 16.1 Å². The summed E-state index contributed by atoms with van der Waals surface area (Å²) in [7, 11) is 3.06. The first-order chi connectivity index (χ1) is 18.8. The summed E-state index contributed by atoms with van der Waals surface area (Å²) in [6.07, 6.45) is 0.803. The summed E-state index contributed by atoms with van der Waals surface area (Å²) in [6, 6.07) is 19.2. The van der Waals surface area contributed by atoms with Gasteiger partial charge in [0.05, 0.1) is 19.7 Å². The molecule has 0 spiro atoms. The number of benzene rings is 3. The number of nitrogens with one attached hydrogen (secondary N) is 1. The fourth-order valence-corrected chi connectivity index (χ4v) is 4.49. The van der Waals surface area contributed by atoms with E-state index in [1.165, 1.54) is 19.1 Å². The first kappa shape index (κ1) is 27.6. The standard InChI is InChI=1S/C30H35N5O4/c1-20(2)17-18-31-30(37)28(23-9-8-12-26(38-4)29(23)39-5)35(22-15-13-21(3)14-16-22)27(36)19-34-25-11-7-6-10-24(25)32-33-34/h6-16,20,28H,17-19H2,1-5H3,(H,31,37)/t28-/m0/s1. The average Bonchev–Trinajstić information content (AvgIpc) is 3.34. The summed E-state index contributed by atoms with van der Waals surface area (Å²) in [5.41, 5.74) is 3.53. The van der Waals surface area contributed by atoms with Gasteiger partial charge in [-0.2, -0.15) is 0 Å². The molecule has 0 fully saturated rings. The molecular weight excluding hydrogens is 494 g/mol. The largest absolute Gasteiger partial charge is 0.493 e. The van der Waals surface area contributed by atoms with Crippen molar-refractivity contribution in [2.45, 2.75) is 39.8 Å². The van der Waals surface area contributed by atoms with Crippen LogP contribution in [0.3, 0.4) is 0 Å². The van der Waals surface area contributed by atoms with Crippen LogP contribution in [0.15, 0.2) is 66.7 Å². The molecule has 0 bridgehead atoms. The number of nitrogens with zero attached hydrogens (tertiary/aromatic N) is 4. The zero-order valence-corrected chi connectivity index (χ0v) is 23.0. The molecule has 9 nitrogen and oxygen atoms in total. The van der Waals surface area contributed by atoms with E-state index in [2.05, 4.69) is 29.5 Å². The SMILES string of the molecule is COc1cccc([C@@H](C(=O)NCCC(C)C)N(C(=O)Cn2nnc3ccccc32)c2ccc(C)cc2)c1OC. The molecule has 39 heavy (non-hydrogen) atoms. The topological polar surface area (TPSA) is 98.6 Å².